The highest BCUT2D eigenvalue weighted by molar-refractivity contribution is 6.30. The van der Waals surface area contributed by atoms with Gasteiger partial charge in [0.25, 0.3) is 0 Å². The van der Waals surface area contributed by atoms with E-state index in [9.17, 15) is 0 Å². The number of rotatable bonds is 6. The Hall–Kier alpha value is -0.530. The second kappa shape index (κ2) is 6.49. The Kier molecular flexibility index (Phi) is 4.68. The van der Waals surface area contributed by atoms with E-state index in [-0.39, 0.29) is 0 Å². The molecule has 20 heavy (non-hydrogen) atoms. The molecule has 2 aliphatic rings. The van der Waals surface area contributed by atoms with Crippen molar-refractivity contribution in [2.24, 2.45) is 17.8 Å². The molecule has 0 aliphatic heterocycles. The van der Waals surface area contributed by atoms with Crippen LogP contribution < -0.4 is 5.32 Å². The molecule has 2 bridgehead atoms. The van der Waals surface area contributed by atoms with Crippen molar-refractivity contribution in [1.29, 1.82) is 0 Å². The van der Waals surface area contributed by atoms with Gasteiger partial charge in [-0.15, -0.1) is 0 Å². The molecular weight excluding hydrogens is 266 g/mol. The van der Waals surface area contributed by atoms with Gasteiger partial charge in [-0.05, 0) is 74.1 Å². The third-order valence-electron chi connectivity index (χ3n) is 5.34. The zero-order valence-electron chi connectivity index (χ0n) is 12.4. The molecule has 1 aromatic carbocycles. The highest BCUT2D eigenvalue weighted by atomic mass is 35.5. The predicted molar refractivity (Wildman–Crippen MR) is 86.0 cm³/mol. The van der Waals surface area contributed by atoms with Crippen molar-refractivity contribution < 1.29 is 0 Å². The van der Waals surface area contributed by atoms with Crippen LogP contribution in [0.3, 0.4) is 0 Å². The fourth-order valence-corrected chi connectivity index (χ4v) is 4.44. The Morgan fingerprint density at radius 1 is 1.20 bits per heavy atom. The normalized spacial score (nSPS) is 29.8. The predicted octanol–water partition coefficient (Wildman–Crippen LogP) is 5.21. The average molecular weight is 292 g/mol. The van der Waals surface area contributed by atoms with E-state index in [2.05, 4.69) is 24.4 Å². The monoisotopic (exact) mass is 291 g/mol. The highest BCUT2D eigenvalue weighted by Crippen LogP contribution is 2.50. The van der Waals surface area contributed by atoms with Crippen LogP contribution in [0.4, 0.5) is 0 Å². The molecule has 4 atom stereocenters. The van der Waals surface area contributed by atoms with Gasteiger partial charge in [-0.3, -0.25) is 0 Å². The van der Waals surface area contributed by atoms with Gasteiger partial charge in [-0.2, -0.15) is 0 Å². The summed E-state index contributed by atoms with van der Waals surface area (Å²) in [6, 6.07) is 8.96. The minimum atomic E-state index is 0.511. The summed E-state index contributed by atoms with van der Waals surface area (Å²) in [5.41, 5.74) is 1.41. The number of hydrogen-bond acceptors (Lipinski definition) is 1. The first-order valence-electron chi connectivity index (χ1n) is 8.25. The molecule has 4 unspecified atom stereocenters. The number of halogens is 1. The van der Waals surface area contributed by atoms with Crippen LogP contribution in [0, 0.1) is 17.8 Å². The molecule has 0 spiro atoms. The first-order valence-corrected chi connectivity index (χ1v) is 8.63. The Morgan fingerprint density at radius 2 is 2.00 bits per heavy atom. The van der Waals surface area contributed by atoms with E-state index >= 15 is 0 Å². The number of hydrogen-bond donors (Lipinski definition) is 1. The summed E-state index contributed by atoms with van der Waals surface area (Å²) in [6.45, 7) is 3.34. The molecule has 0 heterocycles. The molecule has 1 aromatic rings. The Balaban J connectivity index is 1.67. The van der Waals surface area contributed by atoms with Gasteiger partial charge >= 0.3 is 0 Å². The van der Waals surface area contributed by atoms with Crippen molar-refractivity contribution in [2.75, 3.05) is 6.54 Å². The van der Waals surface area contributed by atoms with Crippen molar-refractivity contribution in [3.05, 3.63) is 34.9 Å². The maximum atomic E-state index is 6.02. The Labute approximate surface area is 128 Å². The lowest BCUT2D eigenvalue weighted by Crippen LogP contribution is -2.26. The zero-order valence-corrected chi connectivity index (χ0v) is 13.2. The fourth-order valence-electron chi connectivity index (χ4n) is 4.32. The van der Waals surface area contributed by atoms with Gasteiger partial charge in [0.1, 0.15) is 0 Å². The van der Waals surface area contributed by atoms with Gasteiger partial charge < -0.3 is 5.32 Å². The second-order valence-electron chi connectivity index (χ2n) is 6.73. The van der Waals surface area contributed by atoms with Crippen LogP contribution >= 0.6 is 11.6 Å². The molecule has 2 fully saturated rings. The van der Waals surface area contributed by atoms with Crippen LogP contribution in [0.2, 0.25) is 5.02 Å². The average Bonchev–Trinajstić information content (AvgIpc) is 3.07. The first kappa shape index (κ1) is 14.4. The van der Waals surface area contributed by atoms with Crippen LogP contribution in [0.1, 0.15) is 57.1 Å². The summed E-state index contributed by atoms with van der Waals surface area (Å²) in [4.78, 5) is 0. The molecule has 0 saturated heterocycles. The summed E-state index contributed by atoms with van der Waals surface area (Å²) in [6.07, 6.45) is 8.46. The van der Waals surface area contributed by atoms with Crippen molar-refractivity contribution >= 4 is 11.6 Å². The fraction of sp³-hybridized carbons (Fsp3) is 0.667. The van der Waals surface area contributed by atoms with Gasteiger partial charge in [0.15, 0.2) is 0 Å². The van der Waals surface area contributed by atoms with Crippen LogP contribution in [0.15, 0.2) is 24.3 Å². The topological polar surface area (TPSA) is 12.0 Å². The van der Waals surface area contributed by atoms with E-state index in [1.54, 1.807) is 0 Å². The summed E-state index contributed by atoms with van der Waals surface area (Å²) < 4.78 is 0. The first-order chi connectivity index (χ1) is 9.76. The quantitative estimate of drug-likeness (QED) is 0.759. The molecule has 2 aliphatic carbocycles. The summed E-state index contributed by atoms with van der Waals surface area (Å²) in [5.74, 6) is 3.00. The second-order valence-corrected chi connectivity index (χ2v) is 7.17. The van der Waals surface area contributed by atoms with Crippen molar-refractivity contribution in [2.45, 2.75) is 51.5 Å². The minimum Gasteiger partial charge on any atom is -0.310 e. The SMILES string of the molecule is CCCNC(CC1CC2CCC1C2)c1ccc(Cl)cc1. The van der Waals surface area contributed by atoms with Crippen LogP contribution in [0.5, 0.6) is 0 Å². The summed E-state index contributed by atoms with van der Waals surface area (Å²) in [7, 11) is 0. The lowest BCUT2D eigenvalue weighted by Gasteiger charge is -2.28. The van der Waals surface area contributed by atoms with Crippen molar-refractivity contribution in [1.82, 2.24) is 5.32 Å². The molecule has 110 valence electrons. The van der Waals surface area contributed by atoms with E-state index in [0.29, 0.717) is 6.04 Å². The minimum absolute atomic E-state index is 0.511. The van der Waals surface area contributed by atoms with Crippen LogP contribution in [0.25, 0.3) is 0 Å². The Morgan fingerprint density at radius 3 is 2.60 bits per heavy atom. The van der Waals surface area contributed by atoms with Gasteiger partial charge in [0.2, 0.25) is 0 Å². The smallest absolute Gasteiger partial charge is 0.0406 e. The van der Waals surface area contributed by atoms with Gasteiger partial charge in [-0.1, -0.05) is 37.1 Å². The van der Waals surface area contributed by atoms with E-state index in [1.807, 2.05) is 12.1 Å². The van der Waals surface area contributed by atoms with E-state index in [0.717, 1.165) is 29.3 Å². The van der Waals surface area contributed by atoms with Gasteiger partial charge in [0, 0.05) is 11.1 Å². The molecular formula is C18H26ClN. The summed E-state index contributed by atoms with van der Waals surface area (Å²) in [5, 5.41) is 4.58. The lowest BCUT2D eigenvalue weighted by atomic mass is 9.82. The third-order valence-corrected chi connectivity index (χ3v) is 5.59. The zero-order chi connectivity index (χ0) is 13.9. The molecule has 3 rings (SSSR count). The molecule has 2 saturated carbocycles. The van der Waals surface area contributed by atoms with Crippen molar-refractivity contribution in [3.63, 3.8) is 0 Å². The van der Waals surface area contributed by atoms with E-state index in [4.69, 9.17) is 11.6 Å². The van der Waals surface area contributed by atoms with Gasteiger partial charge in [0.05, 0.1) is 0 Å². The summed E-state index contributed by atoms with van der Waals surface area (Å²) >= 11 is 6.02. The van der Waals surface area contributed by atoms with E-state index < -0.39 is 0 Å². The number of fused-ring (bicyclic) bond motifs is 2. The van der Waals surface area contributed by atoms with Gasteiger partial charge in [-0.25, -0.2) is 0 Å². The Bertz CT molecular complexity index is 428. The van der Waals surface area contributed by atoms with Crippen LogP contribution in [-0.4, -0.2) is 6.54 Å². The molecule has 0 radical (unpaired) electrons. The number of nitrogens with one attached hydrogen (secondary N) is 1. The largest absolute Gasteiger partial charge is 0.310 e. The maximum absolute atomic E-state index is 6.02. The molecule has 1 N–H and O–H groups in total. The van der Waals surface area contributed by atoms with Crippen molar-refractivity contribution in [3.8, 4) is 0 Å². The standard InChI is InChI=1S/C18H26ClN/c1-2-9-20-18(14-5-7-17(19)8-6-14)12-16-11-13-3-4-15(16)10-13/h5-8,13,15-16,18,20H,2-4,9-12H2,1H3. The number of benzene rings is 1. The maximum Gasteiger partial charge on any atom is 0.0406 e. The molecule has 0 amide bonds. The van der Waals surface area contributed by atoms with E-state index in [1.165, 1.54) is 44.1 Å². The highest BCUT2D eigenvalue weighted by Gasteiger charge is 2.40. The van der Waals surface area contributed by atoms with Crippen LogP contribution in [-0.2, 0) is 0 Å². The molecule has 1 nitrogen and oxygen atoms in total. The third kappa shape index (κ3) is 3.20. The lowest BCUT2D eigenvalue weighted by molar-refractivity contribution is 0.279. The molecule has 2 heteroatoms. The molecule has 0 aromatic heterocycles.